The lowest BCUT2D eigenvalue weighted by molar-refractivity contribution is -0.263. The minimum Gasteiger partial charge on any atom is -0.461 e. The average Bonchev–Trinajstić information content (AvgIpc) is 2.55. The Hall–Kier alpha value is -2.12. The summed E-state index contributed by atoms with van der Waals surface area (Å²) in [7, 11) is 0. The van der Waals surface area contributed by atoms with E-state index in [1.807, 2.05) is 13.8 Å². The summed E-state index contributed by atoms with van der Waals surface area (Å²) in [6.45, 7) is 6.22. The Morgan fingerprint density at radius 1 is 1.04 bits per heavy atom. The predicted molar refractivity (Wildman–Crippen MR) is 87.6 cm³/mol. The molecule has 1 aromatic carbocycles. The molecular weight excluding hydrogens is 328 g/mol. The molecule has 1 aliphatic rings. The second-order valence-corrected chi connectivity index (χ2v) is 6.14. The summed E-state index contributed by atoms with van der Waals surface area (Å²) in [5, 5.41) is 9.10. The first-order chi connectivity index (χ1) is 11.8. The van der Waals surface area contributed by atoms with Crippen LogP contribution in [0.3, 0.4) is 0 Å². The third-order valence-electron chi connectivity index (χ3n) is 4.16. The molecule has 1 heterocycles. The summed E-state index contributed by atoms with van der Waals surface area (Å²) < 4.78 is 22.4. The van der Waals surface area contributed by atoms with Gasteiger partial charge < -0.3 is 24.1 Å². The number of hydrogen-bond donors (Lipinski definition) is 1. The molecule has 0 bridgehead atoms. The van der Waals surface area contributed by atoms with Crippen LogP contribution >= 0.6 is 0 Å². The molecule has 7 nitrogen and oxygen atoms in total. The van der Waals surface area contributed by atoms with Crippen molar-refractivity contribution in [3.05, 3.63) is 29.8 Å². The SMILES string of the molecule is CC(=O)O[C@@H]1[C@H](Oc2ccc(CO)cc2)O[C@@H](C)[C@@H](C)[C@H]1OC(C)=O. The number of benzene rings is 1. The Bertz CT molecular complexity index is 598. The number of hydrogen-bond acceptors (Lipinski definition) is 7. The maximum absolute atomic E-state index is 11.5. The van der Waals surface area contributed by atoms with Crippen molar-refractivity contribution in [1.29, 1.82) is 0 Å². The van der Waals surface area contributed by atoms with E-state index in [4.69, 9.17) is 24.1 Å². The fraction of sp³-hybridized carbons (Fsp3) is 0.556. The maximum atomic E-state index is 11.5. The summed E-state index contributed by atoms with van der Waals surface area (Å²) in [5.41, 5.74) is 0.744. The van der Waals surface area contributed by atoms with Crippen molar-refractivity contribution >= 4 is 11.9 Å². The van der Waals surface area contributed by atoms with Crippen molar-refractivity contribution in [1.82, 2.24) is 0 Å². The Balaban J connectivity index is 2.24. The number of aliphatic hydroxyl groups excluding tert-OH is 1. The minimum absolute atomic E-state index is 0.0701. The van der Waals surface area contributed by atoms with Crippen LogP contribution in [0.5, 0.6) is 5.75 Å². The lowest BCUT2D eigenvalue weighted by atomic mass is 9.91. The molecule has 1 aromatic rings. The molecule has 138 valence electrons. The zero-order valence-corrected chi connectivity index (χ0v) is 14.8. The molecule has 0 saturated carbocycles. The van der Waals surface area contributed by atoms with Crippen LogP contribution in [0.15, 0.2) is 24.3 Å². The van der Waals surface area contributed by atoms with Crippen molar-refractivity contribution in [3.8, 4) is 5.75 Å². The number of aliphatic hydroxyl groups is 1. The molecule has 0 unspecified atom stereocenters. The van der Waals surface area contributed by atoms with Crippen LogP contribution in [0.25, 0.3) is 0 Å². The molecule has 1 fully saturated rings. The van der Waals surface area contributed by atoms with E-state index >= 15 is 0 Å². The molecule has 1 saturated heterocycles. The van der Waals surface area contributed by atoms with Gasteiger partial charge in [-0.2, -0.15) is 0 Å². The van der Waals surface area contributed by atoms with Crippen LogP contribution in [0.4, 0.5) is 0 Å². The first kappa shape index (κ1) is 19.2. The highest BCUT2D eigenvalue weighted by Crippen LogP contribution is 2.32. The van der Waals surface area contributed by atoms with E-state index < -0.39 is 30.4 Å². The highest BCUT2D eigenvalue weighted by atomic mass is 16.7. The molecule has 0 amide bonds. The van der Waals surface area contributed by atoms with Crippen molar-refractivity contribution in [2.75, 3.05) is 0 Å². The van der Waals surface area contributed by atoms with Crippen molar-refractivity contribution in [3.63, 3.8) is 0 Å². The molecule has 1 aliphatic heterocycles. The molecule has 25 heavy (non-hydrogen) atoms. The van der Waals surface area contributed by atoms with Crippen molar-refractivity contribution in [2.45, 2.75) is 58.9 Å². The van der Waals surface area contributed by atoms with Gasteiger partial charge in [0, 0.05) is 19.8 Å². The highest BCUT2D eigenvalue weighted by molar-refractivity contribution is 5.67. The van der Waals surface area contributed by atoms with Gasteiger partial charge in [0.15, 0.2) is 0 Å². The highest BCUT2D eigenvalue weighted by Gasteiger charge is 2.47. The van der Waals surface area contributed by atoms with E-state index in [1.165, 1.54) is 13.8 Å². The molecule has 0 radical (unpaired) electrons. The number of carbonyl (C=O) groups is 2. The molecule has 5 atom stereocenters. The number of carbonyl (C=O) groups excluding carboxylic acids is 2. The average molecular weight is 352 g/mol. The van der Waals surface area contributed by atoms with Gasteiger partial charge in [0.1, 0.15) is 11.9 Å². The van der Waals surface area contributed by atoms with E-state index in [-0.39, 0.29) is 18.6 Å². The lowest BCUT2D eigenvalue weighted by Gasteiger charge is -2.42. The van der Waals surface area contributed by atoms with Gasteiger partial charge in [0.05, 0.1) is 12.7 Å². The van der Waals surface area contributed by atoms with Crippen molar-refractivity contribution < 1.29 is 33.6 Å². The topological polar surface area (TPSA) is 91.3 Å². The Labute approximate surface area is 146 Å². The van der Waals surface area contributed by atoms with Crippen LogP contribution < -0.4 is 4.74 Å². The largest absolute Gasteiger partial charge is 0.461 e. The first-order valence-corrected chi connectivity index (χ1v) is 8.18. The van der Waals surface area contributed by atoms with E-state index in [0.29, 0.717) is 5.75 Å². The third kappa shape index (κ3) is 4.93. The normalized spacial score (nSPS) is 28.9. The summed E-state index contributed by atoms with van der Waals surface area (Å²) in [4.78, 5) is 23.0. The monoisotopic (exact) mass is 352 g/mol. The number of ether oxygens (including phenoxy) is 4. The van der Waals surface area contributed by atoms with Gasteiger partial charge in [0.2, 0.25) is 12.4 Å². The predicted octanol–water partition coefficient (Wildman–Crippen LogP) is 1.80. The van der Waals surface area contributed by atoms with Crippen LogP contribution in [-0.2, 0) is 30.4 Å². The minimum atomic E-state index is -0.917. The van der Waals surface area contributed by atoms with Crippen LogP contribution in [0.2, 0.25) is 0 Å². The zero-order chi connectivity index (χ0) is 18.6. The molecule has 2 rings (SSSR count). The van der Waals surface area contributed by atoms with Crippen LogP contribution in [0.1, 0.15) is 33.3 Å². The molecule has 0 spiro atoms. The molecule has 0 aromatic heterocycles. The molecule has 1 N–H and O–H groups in total. The number of esters is 2. The van der Waals surface area contributed by atoms with Gasteiger partial charge >= 0.3 is 11.9 Å². The van der Waals surface area contributed by atoms with Gasteiger partial charge in [-0.05, 0) is 24.6 Å². The van der Waals surface area contributed by atoms with Gasteiger partial charge in [-0.15, -0.1) is 0 Å². The van der Waals surface area contributed by atoms with E-state index in [2.05, 4.69) is 0 Å². The summed E-state index contributed by atoms with van der Waals surface area (Å²) in [6, 6.07) is 6.80. The van der Waals surface area contributed by atoms with E-state index in [9.17, 15) is 9.59 Å². The Morgan fingerprint density at radius 2 is 1.60 bits per heavy atom. The fourth-order valence-electron chi connectivity index (χ4n) is 2.72. The molecule has 0 aliphatic carbocycles. The smallest absolute Gasteiger partial charge is 0.303 e. The Kier molecular flexibility index (Phi) is 6.39. The Morgan fingerprint density at radius 3 is 2.12 bits per heavy atom. The van der Waals surface area contributed by atoms with Crippen LogP contribution in [-0.4, -0.2) is 41.6 Å². The van der Waals surface area contributed by atoms with E-state index in [0.717, 1.165) is 5.56 Å². The summed E-state index contributed by atoms with van der Waals surface area (Å²) in [5.74, 6) is -0.668. The third-order valence-corrected chi connectivity index (χ3v) is 4.16. The van der Waals surface area contributed by atoms with E-state index in [1.54, 1.807) is 24.3 Å². The zero-order valence-electron chi connectivity index (χ0n) is 14.8. The quantitative estimate of drug-likeness (QED) is 0.808. The molecule has 7 heteroatoms. The summed E-state index contributed by atoms with van der Waals surface area (Å²) in [6.07, 6.45) is -2.74. The van der Waals surface area contributed by atoms with Gasteiger partial charge in [0.25, 0.3) is 0 Å². The van der Waals surface area contributed by atoms with Gasteiger partial charge in [-0.1, -0.05) is 19.1 Å². The second-order valence-electron chi connectivity index (χ2n) is 6.14. The number of rotatable bonds is 5. The van der Waals surface area contributed by atoms with Crippen LogP contribution in [0, 0.1) is 5.92 Å². The second kappa shape index (κ2) is 8.31. The lowest BCUT2D eigenvalue weighted by Crippen LogP contribution is -2.57. The first-order valence-electron chi connectivity index (χ1n) is 8.18. The fourth-order valence-corrected chi connectivity index (χ4v) is 2.72. The molecular formula is C18H24O7. The standard InChI is InChI=1S/C18H24O7/c1-10-11(2)22-18(25-15-7-5-14(9-19)6-8-15)17(24-13(4)21)16(10)23-12(3)20/h5-8,10-11,16-19H,9H2,1-4H3/t10-,11+,16-,17+,18+/m1/s1. The summed E-state index contributed by atoms with van der Waals surface area (Å²) >= 11 is 0. The van der Waals surface area contributed by atoms with Gasteiger partial charge in [-0.25, -0.2) is 0 Å². The van der Waals surface area contributed by atoms with Gasteiger partial charge in [-0.3, -0.25) is 9.59 Å². The maximum Gasteiger partial charge on any atom is 0.303 e. The van der Waals surface area contributed by atoms with Crippen molar-refractivity contribution in [2.24, 2.45) is 5.92 Å².